The lowest BCUT2D eigenvalue weighted by Gasteiger charge is -2.42. The number of hydrogen-bond acceptors (Lipinski definition) is 4. The van der Waals surface area contributed by atoms with Crippen molar-refractivity contribution >= 4 is 11.8 Å². The number of carbonyl (C=O) groups is 2. The first kappa shape index (κ1) is 24.0. The van der Waals surface area contributed by atoms with Crippen molar-refractivity contribution in [1.29, 1.82) is 0 Å². The summed E-state index contributed by atoms with van der Waals surface area (Å²) < 4.78 is 45.9. The van der Waals surface area contributed by atoms with E-state index in [1.165, 1.54) is 0 Å². The number of benzene rings is 1. The molecule has 1 unspecified atom stereocenters. The van der Waals surface area contributed by atoms with Crippen molar-refractivity contribution in [3.8, 4) is 0 Å². The van der Waals surface area contributed by atoms with E-state index in [1.807, 2.05) is 4.90 Å². The zero-order valence-electron chi connectivity index (χ0n) is 19.2. The molecule has 2 aliphatic heterocycles. The number of halogens is 3. The maximum atomic E-state index is 14.1. The Labute approximate surface area is 192 Å². The van der Waals surface area contributed by atoms with Gasteiger partial charge in [-0.25, -0.2) is 13.2 Å². The molecule has 3 fully saturated rings. The van der Waals surface area contributed by atoms with Crippen LogP contribution in [0, 0.1) is 28.8 Å². The van der Waals surface area contributed by atoms with Crippen LogP contribution in [-0.4, -0.2) is 67.0 Å². The van der Waals surface area contributed by atoms with Gasteiger partial charge in [0.2, 0.25) is 11.8 Å². The Morgan fingerprint density at radius 2 is 1.76 bits per heavy atom. The SMILES string of the molecule is COCCN(C)C(=O)C1(C(=O)N2[C@@H]3CC[C@H]2CC([C@H](N)Cc2cc(F)c(F)cc2F)C3)CC1. The predicted octanol–water partition coefficient (Wildman–Crippen LogP) is 2.63. The summed E-state index contributed by atoms with van der Waals surface area (Å²) in [5.74, 6) is -3.29. The Morgan fingerprint density at radius 1 is 1.15 bits per heavy atom. The third-order valence-corrected chi connectivity index (χ3v) is 7.70. The molecule has 9 heteroatoms. The quantitative estimate of drug-likeness (QED) is 0.471. The summed E-state index contributed by atoms with van der Waals surface area (Å²) in [5.41, 5.74) is 5.50. The van der Waals surface area contributed by atoms with Crippen LogP contribution in [0.1, 0.15) is 44.1 Å². The van der Waals surface area contributed by atoms with Gasteiger partial charge in [-0.3, -0.25) is 9.59 Å². The molecule has 1 aromatic rings. The molecule has 1 aliphatic carbocycles. The van der Waals surface area contributed by atoms with E-state index in [9.17, 15) is 22.8 Å². The van der Waals surface area contributed by atoms with E-state index in [2.05, 4.69) is 0 Å². The highest BCUT2D eigenvalue weighted by atomic mass is 19.2. The largest absolute Gasteiger partial charge is 0.383 e. The van der Waals surface area contributed by atoms with Crippen LogP contribution in [0.4, 0.5) is 13.2 Å². The number of ether oxygens (including phenoxy) is 1. The zero-order chi connectivity index (χ0) is 23.9. The van der Waals surface area contributed by atoms with E-state index >= 15 is 0 Å². The van der Waals surface area contributed by atoms with Crippen LogP contribution >= 0.6 is 0 Å². The average molecular weight is 468 g/mol. The molecular formula is C24H32F3N3O3. The first-order valence-corrected chi connectivity index (χ1v) is 11.6. The highest BCUT2D eigenvalue weighted by Crippen LogP contribution is 2.52. The fraction of sp³-hybridized carbons (Fsp3) is 0.667. The molecule has 2 N–H and O–H groups in total. The maximum Gasteiger partial charge on any atom is 0.238 e. The normalized spacial score (nSPS) is 26.2. The van der Waals surface area contributed by atoms with Crippen molar-refractivity contribution in [1.82, 2.24) is 9.80 Å². The summed E-state index contributed by atoms with van der Waals surface area (Å²) >= 11 is 0. The van der Waals surface area contributed by atoms with Gasteiger partial charge < -0.3 is 20.3 Å². The number of likely N-dealkylation sites (N-methyl/N-ethyl adjacent to an activating group) is 1. The van der Waals surface area contributed by atoms with Gasteiger partial charge in [-0.1, -0.05) is 0 Å². The monoisotopic (exact) mass is 467 g/mol. The van der Waals surface area contributed by atoms with Crippen LogP contribution in [0.15, 0.2) is 12.1 Å². The van der Waals surface area contributed by atoms with E-state index in [4.69, 9.17) is 10.5 Å². The highest BCUT2D eigenvalue weighted by molar-refractivity contribution is 6.08. The van der Waals surface area contributed by atoms with Gasteiger partial charge in [-0.2, -0.15) is 0 Å². The molecule has 2 heterocycles. The van der Waals surface area contributed by atoms with E-state index < -0.39 is 28.9 Å². The van der Waals surface area contributed by atoms with E-state index in [-0.39, 0.29) is 41.8 Å². The zero-order valence-corrected chi connectivity index (χ0v) is 19.2. The number of piperidine rings is 1. The van der Waals surface area contributed by atoms with Gasteiger partial charge in [0, 0.05) is 44.9 Å². The molecule has 0 aromatic heterocycles. The van der Waals surface area contributed by atoms with Crippen LogP contribution in [0.5, 0.6) is 0 Å². The fourth-order valence-corrected chi connectivity index (χ4v) is 5.63. The van der Waals surface area contributed by atoms with Crippen molar-refractivity contribution in [3.05, 3.63) is 35.1 Å². The first-order chi connectivity index (χ1) is 15.7. The second-order valence-corrected chi connectivity index (χ2v) is 9.86. The Balaban J connectivity index is 1.42. The Kier molecular flexibility index (Phi) is 6.73. The van der Waals surface area contributed by atoms with Gasteiger partial charge >= 0.3 is 0 Å². The molecule has 2 amide bonds. The summed E-state index contributed by atoms with van der Waals surface area (Å²) in [4.78, 5) is 30.0. The second kappa shape index (κ2) is 9.25. The molecule has 6 nitrogen and oxygen atoms in total. The molecule has 1 aromatic carbocycles. The van der Waals surface area contributed by atoms with Crippen LogP contribution < -0.4 is 5.73 Å². The predicted molar refractivity (Wildman–Crippen MR) is 116 cm³/mol. The minimum Gasteiger partial charge on any atom is -0.383 e. The van der Waals surface area contributed by atoms with Crippen molar-refractivity contribution in [2.75, 3.05) is 27.3 Å². The number of hydrogen-bond donors (Lipinski definition) is 1. The van der Waals surface area contributed by atoms with Crippen LogP contribution in [0.3, 0.4) is 0 Å². The van der Waals surface area contributed by atoms with Crippen LogP contribution in [-0.2, 0) is 20.7 Å². The number of amides is 2. The van der Waals surface area contributed by atoms with Gasteiger partial charge in [0.1, 0.15) is 11.2 Å². The molecule has 182 valence electrons. The molecule has 0 spiro atoms. The van der Waals surface area contributed by atoms with Gasteiger partial charge in [0.15, 0.2) is 11.6 Å². The highest BCUT2D eigenvalue weighted by Gasteiger charge is 2.61. The molecule has 2 bridgehead atoms. The molecule has 33 heavy (non-hydrogen) atoms. The molecule has 3 aliphatic rings. The topological polar surface area (TPSA) is 75.9 Å². The molecule has 2 saturated heterocycles. The van der Waals surface area contributed by atoms with Crippen LogP contribution in [0.2, 0.25) is 0 Å². The lowest BCUT2D eigenvalue weighted by atomic mass is 9.82. The second-order valence-electron chi connectivity index (χ2n) is 9.86. The molecule has 4 rings (SSSR count). The van der Waals surface area contributed by atoms with Crippen molar-refractivity contribution < 1.29 is 27.5 Å². The molecule has 1 saturated carbocycles. The average Bonchev–Trinajstić information content (AvgIpc) is 3.55. The van der Waals surface area contributed by atoms with Gasteiger partial charge in [-0.15, -0.1) is 0 Å². The number of fused-ring (bicyclic) bond motifs is 2. The number of methoxy groups -OCH3 is 1. The van der Waals surface area contributed by atoms with Crippen molar-refractivity contribution in [3.63, 3.8) is 0 Å². The Morgan fingerprint density at radius 3 is 2.33 bits per heavy atom. The van der Waals surface area contributed by atoms with Gasteiger partial charge in [0.25, 0.3) is 0 Å². The first-order valence-electron chi connectivity index (χ1n) is 11.6. The minimum atomic E-state index is -1.22. The van der Waals surface area contributed by atoms with Crippen molar-refractivity contribution in [2.45, 2.75) is 63.1 Å². The summed E-state index contributed by atoms with van der Waals surface area (Å²) in [6, 6.07) is 0.994. The number of nitrogens with two attached hydrogens (primary N) is 1. The van der Waals surface area contributed by atoms with E-state index in [0.717, 1.165) is 18.9 Å². The van der Waals surface area contributed by atoms with E-state index in [1.54, 1.807) is 19.1 Å². The number of nitrogens with zero attached hydrogens (tertiary/aromatic N) is 2. The summed E-state index contributed by atoms with van der Waals surface area (Å²) in [7, 11) is 3.27. The standard InChI is InChI=1S/C24H32F3N3O3/c1-29(7-8-33-2)22(31)24(5-6-24)23(32)30-16-3-4-17(30)10-15(9-16)21(28)12-14-11-19(26)20(27)13-18(14)25/h11,13,15-17,21H,3-10,12,28H2,1-2H3/t15?,16-,17+,21-/m1/s1. The molecular weight excluding hydrogens is 435 g/mol. The fourth-order valence-electron chi connectivity index (χ4n) is 5.63. The maximum absolute atomic E-state index is 14.1. The van der Waals surface area contributed by atoms with Gasteiger partial charge in [-0.05, 0) is 62.5 Å². The number of rotatable bonds is 8. The summed E-state index contributed by atoms with van der Waals surface area (Å²) in [5, 5.41) is 0. The minimum absolute atomic E-state index is 0.00310. The number of carbonyl (C=O) groups excluding carboxylic acids is 2. The third kappa shape index (κ3) is 4.49. The summed E-state index contributed by atoms with van der Waals surface area (Å²) in [6.45, 7) is 0.855. The molecule has 0 radical (unpaired) electrons. The van der Waals surface area contributed by atoms with Crippen molar-refractivity contribution in [2.24, 2.45) is 17.1 Å². The Hall–Kier alpha value is -2.13. The lowest BCUT2D eigenvalue weighted by molar-refractivity contribution is -0.152. The Bertz CT molecular complexity index is 910. The van der Waals surface area contributed by atoms with E-state index in [0.29, 0.717) is 44.9 Å². The lowest BCUT2D eigenvalue weighted by Crippen LogP contribution is -2.55. The molecule has 4 atom stereocenters. The summed E-state index contributed by atoms with van der Waals surface area (Å²) in [6.07, 6.45) is 4.27. The van der Waals surface area contributed by atoms with Gasteiger partial charge in [0.05, 0.1) is 6.61 Å². The smallest absolute Gasteiger partial charge is 0.238 e. The van der Waals surface area contributed by atoms with Crippen LogP contribution in [0.25, 0.3) is 0 Å². The third-order valence-electron chi connectivity index (χ3n) is 7.70.